The molecule has 172 valence electrons. The van der Waals surface area contributed by atoms with Crippen molar-refractivity contribution in [3.05, 3.63) is 71.0 Å². The number of methoxy groups -OCH3 is 1. The molecule has 34 heavy (non-hydrogen) atoms. The number of hydrogen-bond acceptors (Lipinski definition) is 6. The Balaban J connectivity index is 1.48. The topological polar surface area (TPSA) is 133 Å². The molecule has 2 aromatic carbocycles. The molecule has 3 heterocycles. The van der Waals surface area contributed by atoms with E-state index in [1.165, 1.54) is 0 Å². The largest absolute Gasteiger partial charge is 0.497 e. The van der Waals surface area contributed by atoms with Crippen LogP contribution < -0.4 is 15.4 Å². The van der Waals surface area contributed by atoms with Crippen molar-refractivity contribution in [2.75, 3.05) is 13.7 Å². The van der Waals surface area contributed by atoms with Crippen LogP contribution in [0.3, 0.4) is 0 Å². The highest BCUT2D eigenvalue weighted by Crippen LogP contribution is 2.35. The van der Waals surface area contributed by atoms with Gasteiger partial charge in [0.05, 0.1) is 13.7 Å². The first-order valence-corrected chi connectivity index (χ1v) is 10.6. The average molecular weight is 458 g/mol. The van der Waals surface area contributed by atoms with E-state index in [1.807, 2.05) is 6.07 Å². The summed E-state index contributed by atoms with van der Waals surface area (Å²) >= 11 is 0. The van der Waals surface area contributed by atoms with Gasteiger partial charge in [0.15, 0.2) is 11.9 Å². The van der Waals surface area contributed by atoms with Crippen LogP contribution in [-0.2, 0) is 19.1 Å². The summed E-state index contributed by atoms with van der Waals surface area (Å²) in [5, 5.41) is 29.7. The van der Waals surface area contributed by atoms with Crippen LogP contribution in [0.25, 0.3) is 11.1 Å². The molecule has 2 aliphatic heterocycles. The fourth-order valence-corrected chi connectivity index (χ4v) is 4.63. The lowest BCUT2D eigenvalue weighted by atomic mass is 9.87. The standard InChI is InChI=1S/C24H22N6O4/c1-29-12-19(20(10-25)28-29)14-3-6-16(7-4-14)24(22(32)26-23(33)27-24)13-30-11-15-5-8-17(34-2)9-18(15)21(30)31/h3-9,12,22,32H,11,13H2,1-2H3,(H2,26,27,33). The zero-order valence-corrected chi connectivity index (χ0v) is 18.6. The lowest BCUT2D eigenvalue weighted by Crippen LogP contribution is -2.54. The molecule has 1 fully saturated rings. The number of fused-ring (bicyclic) bond motifs is 1. The van der Waals surface area contributed by atoms with Crippen molar-refractivity contribution in [3.63, 3.8) is 0 Å². The van der Waals surface area contributed by atoms with E-state index in [4.69, 9.17) is 4.74 Å². The van der Waals surface area contributed by atoms with Crippen molar-refractivity contribution in [2.45, 2.75) is 18.3 Å². The second kappa shape index (κ2) is 7.90. The number of nitrogens with one attached hydrogen (secondary N) is 2. The molecule has 10 nitrogen and oxygen atoms in total. The van der Waals surface area contributed by atoms with Crippen molar-refractivity contribution < 1.29 is 19.4 Å². The molecule has 3 N–H and O–H groups in total. The first-order chi connectivity index (χ1) is 16.3. The van der Waals surface area contributed by atoms with E-state index in [2.05, 4.69) is 21.8 Å². The van der Waals surface area contributed by atoms with Crippen molar-refractivity contribution in [3.8, 4) is 22.9 Å². The van der Waals surface area contributed by atoms with Gasteiger partial charge in [0.2, 0.25) is 0 Å². The molecule has 2 unspecified atom stereocenters. The molecule has 1 saturated heterocycles. The normalized spacial score (nSPS) is 21.1. The number of carbonyl (C=O) groups is 2. The predicted molar refractivity (Wildman–Crippen MR) is 120 cm³/mol. The molecule has 2 atom stereocenters. The molecule has 3 amide bonds. The first-order valence-electron chi connectivity index (χ1n) is 10.6. The molecule has 0 bridgehead atoms. The first kappa shape index (κ1) is 21.5. The summed E-state index contributed by atoms with van der Waals surface area (Å²) in [6.45, 7) is 0.403. The third kappa shape index (κ3) is 3.34. The molecule has 1 aromatic heterocycles. The number of aromatic nitrogens is 2. The summed E-state index contributed by atoms with van der Waals surface area (Å²) in [4.78, 5) is 27.0. The number of hydrogen-bond donors (Lipinski definition) is 3. The number of carbonyl (C=O) groups excluding carboxylic acids is 2. The Morgan fingerprint density at radius 1 is 1.24 bits per heavy atom. The van der Waals surface area contributed by atoms with Crippen LogP contribution >= 0.6 is 0 Å². The summed E-state index contributed by atoms with van der Waals surface area (Å²) in [7, 11) is 3.28. The van der Waals surface area contributed by atoms with Crippen molar-refractivity contribution in [1.82, 2.24) is 25.3 Å². The number of urea groups is 1. The second-order valence-electron chi connectivity index (χ2n) is 8.41. The zero-order chi connectivity index (χ0) is 24.0. The van der Waals surface area contributed by atoms with Gasteiger partial charge in [-0.05, 0) is 28.8 Å². The van der Waals surface area contributed by atoms with Gasteiger partial charge in [-0.25, -0.2) is 4.79 Å². The summed E-state index contributed by atoms with van der Waals surface area (Å²) in [5.74, 6) is 0.384. The molecule has 0 radical (unpaired) electrons. The highest BCUT2D eigenvalue weighted by molar-refractivity contribution is 5.99. The van der Waals surface area contributed by atoms with Crippen LogP contribution in [0, 0.1) is 11.3 Å². The molecule has 0 saturated carbocycles. The summed E-state index contributed by atoms with van der Waals surface area (Å²) in [5.41, 5.74) is 2.50. The van der Waals surface area contributed by atoms with Gasteiger partial charge < -0.3 is 25.4 Å². The van der Waals surface area contributed by atoms with Crippen LogP contribution in [0.5, 0.6) is 5.75 Å². The highest BCUT2D eigenvalue weighted by Gasteiger charge is 2.50. The van der Waals surface area contributed by atoms with E-state index < -0.39 is 17.8 Å². The Labute approximate surface area is 195 Å². The fraction of sp³-hybridized carbons (Fsp3) is 0.250. The number of amides is 3. The van der Waals surface area contributed by atoms with Gasteiger partial charge in [0, 0.05) is 30.9 Å². The minimum atomic E-state index is -1.26. The predicted octanol–water partition coefficient (Wildman–Crippen LogP) is 1.45. The van der Waals surface area contributed by atoms with Gasteiger partial charge in [-0.1, -0.05) is 30.3 Å². The number of nitriles is 1. The van der Waals surface area contributed by atoms with Gasteiger partial charge in [-0.2, -0.15) is 10.4 Å². The van der Waals surface area contributed by atoms with Gasteiger partial charge in [-0.15, -0.1) is 0 Å². The van der Waals surface area contributed by atoms with E-state index in [0.717, 1.165) is 11.1 Å². The molecule has 2 aliphatic rings. The molecule has 3 aromatic rings. The number of aliphatic hydroxyl groups excluding tert-OH is 1. The van der Waals surface area contributed by atoms with E-state index in [1.54, 1.807) is 66.3 Å². The lowest BCUT2D eigenvalue weighted by molar-refractivity contribution is 0.0436. The van der Waals surface area contributed by atoms with Crippen LogP contribution in [0.15, 0.2) is 48.7 Å². The Hall–Kier alpha value is -4.36. The van der Waals surface area contributed by atoms with Crippen LogP contribution in [0.2, 0.25) is 0 Å². The molecule has 5 rings (SSSR count). The Morgan fingerprint density at radius 2 is 2.00 bits per heavy atom. The third-order valence-electron chi connectivity index (χ3n) is 6.35. The smallest absolute Gasteiger partial charge is 0.317 e. The average Bonchev–Trinajstić information content (AvgIpc) is 3.46. The van der Waals surface area contributed by atoms with Crippen molar-refractivity contribution >= 4 is 11.9 Å². The summed E-state index contributed by atoms with van der Waals surface area (Å²) < 4.78 is 6.81. The number of ether oxygens (including phenoxy) is 1. The van der Waals surface area contributed by atoms with Gasteiger partial charge >= 0.3 is 6.03 Å². The second-order valence-corrected chi connectivity index (χ2v) is 8.41. The summed E-state index contributed by atoms with van der Waals surface area (Å²) in [6, 6.07) is 14.0. The highest BCUT2D eigenvalue weighted by atomic mass is 16.5. The number of aryl methyl sites for hydroxylation is 1. The monoisotopic (exact) mass is 458 g/mol. The SMILES string of the molecule is COc1ccc2c(c1)C(=O)N(CC1(c3ccc(-c4cn(C)nc4C#N)cc3)NC(=O)NC1O)C2. The molecular formula is C24H22N6O4. The number of aliphatic hydroxyl groups is 1. The van der Waals surface area contributed by atoms with Crippen molar-refractivity contribution in [1.29, 1.82) is 5.26 Å². The number of nitrogens with zero attached hydrogens (tertiary/aromatic N) is 4. The molecular weight excluding hydrogens is 436 g/mol. The minimum Gasteiger partial charge on any atom is -0.497 e. The van der Waals surface area contributed by atoms with Gasteiger partial charge in [-0.3, -0.25) is 9.48 Å². The fourth-order valence-electron chi connectivity index (χ4n) is 4.63. The quantitative estimate of drug-likeness (QED) is 0.530. The van der Waals surface area contributed by atoms with Gasteiger partial charge in [0.1, 0.15) is 17.4 Å². The Kier molecular flexibility index (Phi) is 4.99. The van der Waals surface area contributed by atoms with Crippen LogP contribution in [-0.4, -0.2) is 51.6 Å². The minimum absolute atomic E-state index is 0.0540. The van der Waals surface area contributed by atoms with E-state index in [-0.39, 0.29) is 12.5 Å². The van der Waals surface area contributed by atoms with Crippen LogP contribution in [0.4, 0.5) is 4.79 Å². The number of benzene rings is 2. The van der Waals surface area contributed by atoms with E-state index in [9.17, 15) is 20.0 Å². The Morgan fingerprint density at radius 3 is 2.65 bits per heavy atom. The molecule has 10 heteroatoms. The molecule has 0 spiro atoms. The third-order valence-corrected chi connectivity index (χ3v) is 6.35. The van der Waals surface area contributed by atoms with Gasteiger partial charge in [0.25, 0.3) is 5.91 Å². The van der Waals surface area contributed by atoms with Crippen LogP contribution in [0.1, 0.15) is 27.2 Å². The maximum Gasteiger partial charge on any atom is 0.317 e. The van der Waals surface area contributed by atoms with E-state index >= 15 is 0 Å². The Bertz CT molecular complexity index is 1340. The number of rotatable bonds is 5. The maximum absolute atomic E-state index is 13.1. The molecule has 0 aliphatic carbocycles. The van der Waals surface area contributed by atoms with E-state index in [0.29, 0.717) is 34.7 Å². The lowest BCUT2D eigenvalue weighted by Gasteiger charge is -2.35. The summed E-state index contributed by atoms with van der Waals surface area (Å²) in [6.07, 6.45) is 0.496. The van der Waals surface area contributed by atoms with Crippen molar-refractivity contribution in [2.24, 2.45) is 7.05 Å². The maximum atomic E-state index is 13.1. The zero-order valence-electron chi connectivity index (χ0n) is 18.6.